The molecule has 0 aromatic heterocycles. The van der Waals surface area contributed by atoms with E-state index in [2.05, 4.69) is 96.9 Å². The molecule has 3 nitrogen and oxygen atoms in total. The summed E-state index contributed by atoms with van der Waals surface area (Å²) in [6.07, 6.45) is 0. The number of halogens is 8. The number of carbonyl (C=O) groups is 1. The lowest BCUT2D eigenvalue weighted by Crippen LogP contribution is -2.26. The highest BCUT2D eigenvalue weighted by molar-refractivity contribution is 14.1. The molecule has 1 aliphatic rings. The predicted octanol–water partition coefficient (Wildman–Crippen LogP) is 8.18. The number of carboxylic acids is 1. The van der Waals surface area contributed by atoms with Crippen molar-refractivity contribution >= 4 is 155 Å². The van der Waals surface area contributed by atoms with E-state index in [1.807, 2.05) is 18.2 Å². The number of fused-ring (bicyclic) bond motifs is 2. The molecule has 3 aromatic carbocycles. The van der Waals surface area contributed by atoms with Crippen LogP contribution in [0.5, 0.6) is 11.5 Å². The van der Waals surface area contributed by atoms with E-state index in [4.69, 9.17) is 51.1 Å². The summed E-state index contributed by atoms with van der Waals surface area (Å²) >= 11 is 34.4. The van der Waals surface area contributed by atoms with Crippen molar-refractivity contribution in [3.8, 4) is 11.5 Å². The van der Waals surface area contributed by atoms with E-state index in [9.17, 15) is 9.90 Å². The average Bonchev–Trinajstić information content (AvgIpc) is 2.72. The van der Waals surface area contributed by atoms with E-state index in [-0.39, 0.29) is 31.2 Å². The topological polar surface area (TPSA) is 46.5 Å². The van der Waals surface area contributed by atoms with Crippen molar-refractivity contribution in [2.75, 3.05) is 0 Å². The third-order valence-corrected chi connectivity index (χ3v) is 10.1. The molecule has 0 radical (unpaired) electrons. The van der Waals surface area contributed by atoms with Gasteiger partial charge in [-0.15, -0.1) is 0 Å². The lowest BCUT2D eigenvalue weighted by molar-refractivity contribution is 0.0696. The van der Waals surface area contributed by atoms with Gasteiger partial charge in [-0.1, -0.05) is 53.0 Å². The standard InChI is InChI=1S/C21H6Cl4I4O3/c1-5-9(27)4-8-11(12-13(21(30)31)15(23)17(25)16(24)14(12)22)7-2-6(26)3-10(28)19(7)32-20(8)18(5)29/h2-4H,1H2,(H,30,31). The van der Waals surface area contributed by atoms with E-state index in [1.54, 1.807) is 0 Å². The Morgan fingerprint density at radius 2 is 1.50 bits per heavy atom. The maximum Gasteiger partial charge on any atom is 0.337 e. The zero-order valence-corrected chi connectivity index (χ0v) is 26.9. The molecular formula is C21H6Cl4I4O3. The van der Waals surface area contributed by atoms with Crippen LogP contribution in [0.2, 0.25) is 20.1 Å². The number of hydrogen-bond acceptors (Lipinski definition) is 2. The van der Waals surface area contributed by atoms with Gasteiger partial charge in [0, 0.05) is 29.1 Å². The molecule has 1 N–H and O–H groups in total. The minimum atomic E-state index is -1.27. The molecule has 11 heteroatoms. The number of hydrogen-bond donors (Lipinski definition) is 1. The fourth-order valence-electron chi connectivity index (χ4n) is 3.36. The van der Waals surface area contributed by atoms with Gasteiger partial charge >= 0.3 is 5.97 Å². The molecule has 0 unspecified atom stereocenters. The molecule has 0 aliphatic carbocycles. The molecular weight excluding hydrogens is 950 g/mol. The van der Waals surface area contributed by atoms with Crippen LogP contribution in [0.3, 0.4) is 0 Å². The van der Waals surface area contributed by atoms with Crippen molar-refractivity contribution in [3.63, 3.8) is 0 Å². The van der Waals surface area contributed by atoms with Crippen LogP contribution in [0.4, 0.5) is 0 Å². The number of ether oxygens (including phenoxy) is 1. The van der Waals surface area contributed by atoms with Crippen LogP contribution in [0.1, 0.15) is 21.5 Å². The molecule has 1 aliphatic heterocycles. The molecule has 0 fully saturated rings. The summed E-state index contributed by atoms with van der Waals surface area (Å²) < 4.78 is 9.82. The van der Waals surface area contributed by atoms with Crippen LogP contribution < -0.4 is 15.2 Å². The van der Waals surface area contributed by atoms with Crippen LogP contribution in [0.15, 0.2) is 18.2 Å². The first-order valence-corrected chi connectivity index (χ1v) is 14.3. The molecule has 0 spiro atoms. The van der Waals surface area contributed by atoms with Gasteiger partial charge in [0.1, 0.15) is 11.5 Å². The SMILES string of the molecule is C=c1c(I)cc2c(c1I)Oc1c(I)cc(I)cc1C=2c1c(Cl)c(Cl)c(Cl)c(Cl)c1C(=O)O. The fraction of sp³-hybridized carbons (Fsp3) is 0. The van der Waals surface area contributed by atoms with Gasteiger partial charge in [0.2, 0.25) is 0 Å². The van der Waals surface area contributed by atoms with E-state index >= 15 is 0 Å². The van der Waals surface area contributed by atoms with E-state index in [0.717, 1.165) is 19.5 Å². The molecule has 164 valence electrons. The molecule has 32 heavy (non-hydrogen) atoms. The Kier molecular flexibility index (Phi) is 7.80. The highest BCUT2D eigenvalue weighted by Gasteiger charge is 2.32. The fourth-order valence-corrected chi connectivity index (χ4v) is 8.13. The zero-order chi connectivity index (χ0) is 23.6. The summed E-state index contributed by atoms with van der Waals surface area (Å²) in [6, 6.07) is 5.77. The summed E-state index contributed by atoms with van der Waals surface area (Å²) in [6.45, 7) is 4.13. The van der Waals surface area contributed by atoms with Gasteiger partial charge in [-0.05, 0) is 114 Å². The largest absolute Gasteiger partial charge is 0.478 e. The lowest BCUT2D eigenvalue weighted by Gasteiger charge is -2.26. The molecule has 0 saturated heterocycles. The van der Waals surface area contributed by atoms with Crippen LogP contribution in [0.25, 0.3) is 12.2 Å². The second-order valence-corrected chi connectivity index (χ2v) is 12.7. The first-order valence-electron chi connectivity index (χ1n) is 8.43. The molecule has 4 rings (SSSR count). The Labute approximate surface area is 257 Å². The van der Waals surface area contributed by atoms with Crippen molar-refractivity contribution in [1.82, 2.24) is 0 Å². The summed E-state index contributed by atoms with van der Waals surface area (Å²) in [7, 11) is 0. The van der Waals surface area contributed by atoms with Gasteiger partial charge < -0.3 is 9.84 Å². The van der Waals surface area contributed by atoms with Crippen molar-refractivity contribution in [2.24, 2.45) is 0 Å². The van der Waals surface area contributed by atoms with E-state index < -0.39 is 5.97 Å². The van der Waals surface area contributed by atoms with Crippen LogP contribution >= 0.6 is 137 Å². The molecule has 1 heterocycles. The number of carboxylic acid groups (broad SMARTS) is 1. The molecule has 3 aromatic rings. The highest BCUT2D eigenvalue weighted by atomic mass is 127. The third kappa shape index (κ3) is 4.17. The second-order valence-electron chi connectivity index (χ2n) is 6.58. The number of rotatable bonds is 2. The minimum absolute atomic E-state index is 0.00449. The molecule has 0 saturated carbocycles. The third-order valence-electron chi connectivity index (χ3n) is 4.75. The minimum Gasteiger partial charge on any atom is -0.478 e. The number of aromatic carboxylic acids is 1. The first-order chi connectivity index (χ1) is 15.0. The molecule has 0 bridgehead atoms. The quantitative estimate of drug-likeness (QED) is 0.125. The van der Waals surface area contributed by atoms with E-state index in [0.29, 0.717) is 27.9 Å². The van der Waals surface area contributed by atoms with Crippen molar-refractivity contribution in [3.05, 3.63) is 79.7 Å². The van der Waals surface area contributed by atoms with Crippen LogP contribution in [0, 0.1) is 14.3 Å². The monoisotopic (exact) mass is 954 g/mol. The van der Waals surface area contributed by atoms with Gasteiger partial charge in [0.05, 0.1) is 32.8 Å². The van der Waals surface area contributed by atoms with Gasteiger partial charge in [0.25, 0.3) is 0 Å². The smallest absolute Gasteiger partial charge is 0.337 e. The molecule has 0 atom stereocenters. The Hall–Kier alpha value is 0.750. The Balaban J connectivity index is 2.37. The Morgan fingerprint density at radius 1 is 0.875 bits per heavy atom. The maximum atomic E-state index is 12.3. The van der Waals surface area contributed by atoms with Gasteiger partial charge in [-0.25, -0.2) is 4.79 Å². The van der Waals surface area contributed by atoms with E-state index in [1.165, 1.54) is 0 Å². The summed E-state index contributed by atoms with van der Waals surface area (Å²) in [5.41, 5.74) is 1.19. The first kappa shape index (κ1) is 25.8. The normalized spacial score (nSPS) is 12.3. The van der Waals surface area contributed by atoms with Gasteiger partial charge in [-0.3, -0.25) is 0 Å². The van der Waals surface area contributed by atoms with Crippen LogP contribution in [-0.2, 0) is 0 Å². The van der Waals surface area contributed by atoms with Crippen LogP contribution in [-0.4, -0.2) is 11.1 Å². The zero-order valence-electron chi connectivity index (χ0n) is 15.2. The van der Waals surface area contributed by atoms with Crippen molar-refractivity contribution < 1.29 is 14.6 Å². The maximum absolute atomic E-state index is 12.3. The van der Waals surface area contributed by atoms with Crippen molar-refractivity contribution in [2.45, 2.75) is 0 Å². The second kappa shape index (κ2) is 9.66. The molecule has 0 amide bonds. The summed E-state index contributed by atoms with van der Waals surface area (Å²) in [5, 5.41) is 11.2. The Bertz CT molecular complexity index is 1490. The lowest BCUT2D eigenvalue weighted by atomic mass is 9.89. The average molecular weight is 956 g/mol. The predicted molar refractivity (Wildman–Crippen MR) is 164 cm³/mol. The Morgan fingerprint density at radius 3 is 2.12 bits per heavy atom. The van der Waals surface area contributed by atoms with Gasteiger partial charge in [0.15, 0.2) is 0 Å². The summed E-state index contributed by atoms with van der Waals surface area (Å²) in [4.78, 5) is 12.3. The highest BCUT2D eigenvalue weighted by Crippen LogP contribution is 2.48. The van der Waals surface area contributed by atoms with Crippen molar-refractivity contribution in [1.29, 1.82) is 0 Å². The number of benzene rings is 3. The summed E-state index contributed by atoms with van der Waals surface area (Å²) in [5.74, 6) is -0.125. The van der Waals surface area contributed by atoms with Gasteiger partial charge in [-0.2, -0.15) is 0 Å².